The van der Waals surface area contributed by atoms with Crippen molar-refractivity contribution < 1.29 is 13.9 Å². The normalized spacial score (nSPS) is 23.1. The van der Waals surface area contributed by atoms with Gasteiger partial charge in [0, 0.05) is 25.3 Å². The van der Waals surface area contributed by atoms with Crippen LogP contribution in [0, 0.1) is 23.6 Å². The average molecular weight is 504 g/mol. The number of nitrogens with one attached hydrogen (secondary N) is 1. The Morgan fingerprint density at radius 3 is 2.65 bits per heavy atom. The highest BCUT2D eigenvalue weighted by Gasteiger charge is 2.50. The van der Waals surface area contributed by atoms with Gasteiger partial charge in [0.1, 0.15) is 17.2 Å². The first kappa shape index (κ1) is 25.7. The van der Waals surface area contributed by atoms with Gasteiger partial charge in [-0.3, -0.25) is 4.79 Å². The minimum absolute atomic E-state index is 0.114. The summed E-state index contributed by atoms with van der Waals surface area (Å²) in [4.78, 5) is 23.3. The third kappa shape index (κ3) is 5.64. The molecule has 1 heterocycles. The number of halogens is 1. The molecule has 1 N–H and O–H groups in total. The van der Waals surface area contributed by atoms with Crippen LogP contribution < -0.4 is 0 Å². The Morgan fingerprint density at radius 1 is 1.16 bits per heavy atom. The maximum absolute atomic E-state index is 13.5. The van der Waals surface area contributed by atoms with Crippen molar-refractivity contribution in [1.29, 1.82) is 0 Å². The summed E-state index contributed by atoms with van der Waals surface area (Å²) in [5.74, 6) is 1.06. The first-order chi connectivity index (χ1) is 17.8. The van der Waals surface area contributed by atoms with E-state index in [0.717, 1.165) is 74.0 Å². The summed E-state index contributed by atoms with van der Waals surface area (Å²) in [6, 6.07) is 14.9. The number of carbonyl (C=O) groups excluding carboxylic acids is 1. The van der Waals surface area contributed by atoms with Crippen molar-refractivity contribution in [2.24, 2.45) is 17.8 Å². The molecular formula is C31H38FN3O2. The van der Waals surface area contributed by atoms with Gasteiger partial charge in [0.25, 0.3) is 0 Å². The van der Waals surface area contributed by atoms with Crippen molar-refractivity contribution >= 4 is 22.6 Å². The molecule has 0 saturated heterocycles. The first-order valence-corrected chi connectivity index (χ1v) is 13.7. The van der Waals surface area contributed by atoms with Gasteiger partial charge in [0.2, 0.25) is 0 Å². The highest BCUT2D eigenvalue weighted by atomic mass is 19.1. The van der Waals surface area contributed by atoms with Gasteiger partial charge in [-0.05, 0) is 80.6 Å². The number of hydrogen-bond acceptors (Lipinski definition) is 4. The Kier molecular flexibility index (Phi) is 7.47. The number of H-pyrrole nitrogens is 1. The van der Waals surface area contributed by atoms with E-state index in [9.17, 15) is 9.18 Å². The van der Waals surface area contributed by atoms with E-state index >= 15 is 0 Å². The minimum atomic E-state index is -0.471. The monoisotopic (exact) mass is 503 g/mol. The molecule has 2 bridgehead atoms. The Balaban J connectivity index is 1.24. The maximum atomic E-state index is 13.5. The van der Waals surface area contributed by atoms with Crippen molar-refractivity contribution in [2.75, 3.05) is 20.1 Å². The van der Waals surface area contributed by atoms with Crippen LogP contribution in [-0.4, -0.2) is 46.6 Å². The summed E-state index contributed by atoms with van der Waals surface area (Å²) in [6.45, 7) is 5.63. The maximum Gasteiger partial charge on any atom is 0.308 e. The van der Waals surface area contributed by atoms with Gasteiger partial charge >= 0.3 is 5.97 Å². The van der Waals surface area contributed by atoms with Gasteiger partial charge in [-0.15, -0.1) is 0 Å². The number of carbonyl (C=O) groups is 1. The third-order valence-corrected chi connectivity index (χ3v) is 8.18. The lowest BCUT2D eigenvalue weighted by molar-refractivity contribution is -0.176. The van der Waals surface area contributed by atoms with Gasteiger partial charge in [-0.2, -0.15) is 0 Å². The smallest absolute Gasteiger partial charge is 0.308 e. The predicted molar refractivity (Wildman–Crippen MR) is 145 cm³/mol. The number of hydrogen-bond donors (Lipinski definition) is 1. The van der Waals surface area contributed by atoms with Crippen LogP contribution >= 0.6 is 0 Å². The standard InChI is InChI=1S/C31H38FN3O2/c1-21(2)30(36)37-31(20-23-10-13-24(31)19-26(23)22-11-14-25(32)15-12-22)16-18-35(3)17-6-9-29-33-27-7-4-5-8-28(27)34-29/h4-5,7-8,11-12,14-15,19,21,23-24H,6,9-10,13,16-18,20H2,1-3H3,(H,33,34). The first-order valence-electron chi connectivity index (χ1n) is 13.7. The van der Waals surface area contributed by atoms with Gasteiger partial charge in [-0.1, -0.05) is 44.2 Å². The second kappa shape index (κ2) is 10.8. The number of ether oxygens (including phenoxy) is 1. The predicted octanol–water partition coefficient (Wildman–Crippen LogP) is 6.41. The van der Waals surface area contributed by atoms with E-state index in [4.69, 9.17) is 9.72 Å². The summed E-state index contributed by atoms with van der Waals surface area (Å²) in [5, 5.41) is 0. The number of aromatic nitrogens is 2. The van der Waals surface area contributed by atoms with Gasteiger partial charge in [0.05, 0.1) is 17.0 Å². The minimum Gasteiger partial charge on any atom is -0.458 e. The Hall–Kier alpha value is -2.99. The Morgan fingerprint density at radius 2 is 1.95 bits per heavy atom. The van der Waals surface area contributed by atoms with Crippen molar-refractivity contribution in [2.45, 2.75) is 58.0 Å². The Labute approximate surface area is 219 Å². The van der Waals surface area contributed by atoms with Crippen LogP contribution in [0.5, 0.6) is 0 Å². The summed E-state index contributed by atoms with van der Waals surface area (Å²) in [5.41, 5.74) is 4.00. The number of esters is 1. The van der Waals surface area contributed by atoms with Crippen LogP contribution in [0.3, 0.4) is 0 Å². The van der Waals surface area contributed by atoms with E-state index < -0.39 is 5.60 Å². The van der Waals surface area contributed by atoms with Crippen LogP contribution in [0.2, 0.25) is 0 Å². The van der Waals surface area contributed by atoms with Crippen LogP contribution in [0.4, 0.5) is 4.39 Å². The van der Waals surface area contributed by atoms with Crippen LogP contribution in [0.15, 0.2) is 54.6 Å². The SMILES string of the molecule is CC(C)C(=O)OC1(CCN(C)CCCc2nc3ccccc3[nH]2)CC2CCC1C=C2c1ccc(F)cc1. The molecule has 0 aliphatic heterocycles. The van der Waals surface area contributed by atoms with Gasteiger partial charge < -0.3 is 14.6 Å². The summed E-state index contributed by atoms with van der Waals surface area (Å²) in [6.07, 6.45) is 8.00. The summed E-state index contributed by atoms with van der Waals surface area (Å²) < 4.78 is 19.9. The molecule has 1 saturated carbocycles. The largest absolute Gasteiger partial charge is 0.458 e. The quantitative estimate of drug-likeness (QED) is 0.325. The Bertz CT molecular complexity index is 1230. The van der Waals surface area contributed by atoms with Crippen LogP contribution in [0.25, 0.3) is 16.6 Å². The van der Waals surface area contributed by atoms with E-state index in [1.54, 1.807) is 0 Å². The molecule has 6 rings (SSSR count). The molecule has 0 radical (unpaired) electrons. The summed E-state index contributed by atoms with van der Waals surface area (Å²) >= 11 is 0. The molecule has 5 nitrogen and oxygen atoms in total. The molecule has 0 spiro atoms. The van der Waals surface area contributed by atoms with Crippen LogP contribution in [0.1, 0.15) is 57.3 Å². The molecule has 0 amide bonds. The number of benzene rings is 2. The zero-order chi connectivity index (χ0) is 26.0. The van der Waals surface area contributed by atoms with Crippen molar-refractivity contribution in [3.63, 3.8) is 0 Å². The zero-order valence-electron chi connectivity index (χ0n) is 22.2. The molecule has 196 valence electrons. The molecule has 1 aromatic heterocycles. The average Bonchev–Trinajstić information content (AvgIpc) is 3.31. The highest BCUT2D eigenvalue weighted by Crippen LogP contribution is 2.53. The number of fused-ring (bicyclic) bond motifs is 3. The fraction of sp³-hybridized carbons (Fsp3) is 0.484. The van der Waals surface area contributed by atoms with E-state index in [2.05, 4.69) is 29.1 Å². The molecule has 37 heavy (non-hydrogen) atoms. The number of imidazole rings is 1. The van der Waals surface area contributed by atoms with Gasteiger partial charge in [-0.25, -0.2) is 9.37 Å². The van der Waals surface area contributed by atoms with E-state index in [-0.39, 0.29) is 23.6 Å². The highest BCUT2D eigenvalue weighted by molar-refractivity contribution is 5.75. The molecule has 2 aromatic carbocycles. The molecule has 3 aliphatic rings. The molecule has 1 fully saturated rings. The second-order valence-electron chi connectivity index (χ2n) is 11.2. The lowest BCUT2D eigenvalue weighted by atomic mass is 9.60. The molecule has 3 unspecified atom stereocenters. The van der Waals surface area contributed by atoms with Crippen molar-refractivity contribution in [3.05, 3.63) is 71.8 Å². The molecule has 6 heteroatoms. The number of aryl methyl sites for hydroxylation is 1. The fourth-order valence-corrected chi connectivity index (χ4v) is 6.05. The number of nitrogens with zero attached hydrogens (tertiary/aromatic N) is 2. The van der Waals surface area contributed by atoms with Gasteiger partial charge in [0.15, 0.2) is 0 Å². The summed E-state index contributed by atoms with van der Waals surface area (Å²) in [7, 11) is 2.15. The molecule has 3 aromatic rings. The second-order valence-corrected chi connectivity index (χ2v) is 11.2. The number of aromatic amines is 1. The lowest BCUT2D eigenvalue weighted by Crippen LogP contribution is -2.51. The van der Waals surface area contributed by atoms with Crippen molar-refractivity contribution in [3.8, 4) is 0 Å². The zero-order valence-corrected chi connectivity index (χ0v) is 22.2. The molecule has 3 aliphatic carbocycles. The van der Waals surface area contributed by atoms with E-state index in [1.165, 1.54) is 17.7 Å². The fourth-order valence-electron chi connectivity index (χ4n) is 6.05. The molecular weight excluding hydrogens is 465 g/mol. The van der Waals surface area contributed by atoms with E-state index in [0.29, 0.717) is 5.92 Å². The molecule has 3 atom stereocenters. The number of rotatable bonds is 10. The van der Waals surface area contributed by atoms with Crippen LogP contribution in [-0.2, 0) is 16.0 Å². The third-order valence-electron chi connectivity index (χ3n) is 8.18. The number of allylic oxidation sites excluding steroid dienone is 1. The van der Waals surface area contributed by atoms with E-state index in [1.807, 2.05) is 44.2 Å². The lowest BCUT2D eigenvalue weighted by Gasteiger charge is -2.50. The van der Waals surface area contributed by atoms with Crippen molar-refractivity contribution in [1.82, 2.24) is 14.9 Å². The number of para-hydroxylation sites is 2. The topological polar surface area (TPSA) is 58.2 Å².